The summed E-state index contributed by atoms with van der Waals surface area (Å²) in [5.74, 6) is 0.504. The van der Waals surface area contributed by atoms with Gasteiger partial charge in [0.2, 0.25) is 0 Å². The van der Waals surface area contributed by atoms with Crippen LogP contribution < -0.4 is 10.6 Å². The molecule has 2 aromatic rings. The third-order valence-electron chi connectivity index (χ3n) is 4.09. The molecule has 2 amide bonds. The molecule has 6 nitrogen and oxygen atoms in total. The number of nitrogens with zero attached hydrogens (tertiary/aromatic N) is 3. The molecule has 3 rings (SSSR count). The Bertz CT molecular complexity index is 634. The molecule has 0 bridgehead atoms. The van der Waals surface area contributed by atoms with E-state index < -0.39 is 0 Å². The number of likely N-dealkylation sites (tertiary alicyclic amines) is 1. The first kappa shape index (κ1) is 15.4. The van der Waals surface area contributed by atoms with Gasteiger partial charge in [-0.25, -0.2) is 14.8 Å². The lowest BCUT2D eigenvalue weighted by Crippen LogP contribution is -2.39. The van der Waals surface area contributed by atoms with Crippen molar-refractivity contribution in [2.75, 3.05) is 11.9 Å². The number of rotatable bonds is 4. The molecule has 0 unspecified atom stereocenters. The minimum absolute atomic E-state index is 0.149. The highest BCUT2D eigenvalue weighted by Crippen LogP contribution is 2.20. The number of urea groups is 1. The number of aromatic nitrogens is 2. The Kier molecular flexibility index (Phi) is 4.83. The Labute approximate surface area is 135 Å². The number of hydrogen-bond acceptors (Lipinski definition) is 4. The average Bonchev–Trinajstić information content (AvgIpc) is 2.88. The molecular formula is C17H21N5O. The molecule has 23 heavy (non-hydrogen) atoms. The summed E-state index contributed by atoms with van der Waals surface area (Å²) in [6.07, 6.45) is 3.96. The number of amides is 2. The summed E-state index contributed by atoms with van der Waals surface area (Å²) in [6, 6.07) is 12.4. The molecule has 0 aliphatic carbocycles. The Morgan fingerprint density at radius 3 is 2.87 bits per heavy atom. The number of carbonyl (C=O) groups is 1. The predicted octanol–water partition coefficient (Wildman–Crippen LogP) is 2.26. The highest BCUT2D eigenvalue weighted by Gasteiger charge is 2.29. The van der Waals surface area contributed by atoms with Gasteiger partial charge in [-0.3, -0.25) is 10.2 Å². The van der Waals surface area contributed by atoms with Crippen molar-refractivity contribution in [2.24, 2.45) is 0 Å². The maximum Gasteiger partial charge on any atom is 0.320 e. The molecule has 1 saturated heterocycles. The van der Waals surface area contributed by atoms with Gasteiger partial charge >= 0.3 is 6.03 Å². The number of benzene rings is 1. The van der Waals surface area contributed by atoms with E-state index in [4.69, 9.17) is 0 Å². The van der Waals surface area contributed by atoms with Gasteiger partial charge in [-0.05, 0) is 25.0 Å². The van der Waals surface area contributed by atoms with Crippen molar-refractivity contribution < 1.29 is 4.79 Å². The molecule has 0 saturated carbocycles. The fourth-order valence-corrected chi connectivity index (χ4v) is 2.94. The van der Waals surface area contributed by atoms with E-state index in [1.54, 1.807) is 12.3 Å². The van der Waals surface area contributed by atoms with Crippen LogP contribution in [0.3, 0.4) is 0 Å². The molecule has 2 heterocycles. The van der Waals surface area contributed by atoms with Crippen LogP contribution in [-0.2, 0) is 6.54 Å². The highest BCUT2D eigenvalue weighted by atomic mass is 16.2. The van der Waals surface area contributed by atoms with Crippen LogP contribution in [0.25, 0.3) is 0 Å². The lowest BCUT2D eigenvalue weighted by molar-refractivity contribution is 0.244. The van der Waals surface area contributed by atoms with Gasteiger partial charge in [0.1, 0.15) is 12.1 Å². The van der Waals surface area contributed by atoms with Crippen LogP contribution in [0.4, 0.5) is 10.6 Å². The molecule has 1 aromatic carbocycles. The number of nitrogens with one attached hydrogen (secondary N) is 2. The maximum atomic E-state index is 12.0. The van der Waals surface area contributed by atoms with Gasteiger partial charge in [0.05, 0.1) is 0 Å². The zero-order valence-corrected chi connectivity index (χ0v) is 13.1. The summed E-state index contributed by atoms with van der Waals surface area (Å²) >= 11 is 0. The predicted molar refractivity (Wildman–Crippen MR) is 88.9 cm³/mol. The smallest absolute Gasteiger partial charge is 0.320 e. The van der Waals surface area contributed by atoms with Crippen LogP contribution in [0.1, 0.15) is 18.9 Å². The molecule has 2 atom stereocenters. The van der Waals surface area contributed by atoms with Crippen LogP contribution in [-0.4, -0.2) is 39.5 Å². The summed E-state index contributed by atoms with van der Waals surface area (Å²) in [4.78, 5) is 22.2. The quantitative estimate of drug-likeness (QED) is 0.908. The third kappa shape index (κ3) is 4.26. The molecule has 6 heteroatoms. The summed E-state index contributed by atoms with van der Waals surface area (Å²) in [7, 11) is 0. The molecule has 1 fully saturated rings. The van der Waals surface area contributed by atoms with Crippen molar-refractivity contribution in [3.05, 3.63) is 54.5 Å². The lowest BCUT2D eigenvalue weighted by Gasteiger charge is -2.20. The van der Waals surface area contributed by atoms with Crippen molar-refractivity contribution in [1.29, 1.82) is 0 Å². The molecule has 1 aromatic heterocycles. The molecule has 0 spiro atoms. The second kappa shape index (κ2) is 7.19. The van der Waals surface area contributed by atoms with Gasteiger partial charge in [-0.2, -0.15) is 0 Å². The van der Waals surface area contributed by atoms with Crippen LogP contribution in [0.5, 0.6) is 0 Å². The third-order valence-corrected chi connectivity index (χ3v) is 4.09. The van der Waals surface area contributed by atoms with Gasteiger partial charge in [0.25, 0.3) is 0 Å². The van der Waals surface area contributed by atoms with Crippen molar-refractivity contribution in [3.63, 3.8) is 0 Å². The van der Waals surface area contributed by atoms with Crippen molar-refractivity contribution in [2.45, 2.75) is 32.0 Å². The lowest BCUT2D eigenvalue weighted by atomic mass is 10.2. The standard InChI is InChI=1S/C17H21N5O/c1-13-9-15(11-22(13)10-14-5-3-2-4-6-14)20-17(23)21-16-7-8-18-12-19-16/h2-8,12-13,15H,9-11H2,1H3,(H2,18,19,20,21,23)/t13-,15+/m0/s1. The van der Waals surface area contributed by atoms with Crippen LogP contribution >= 0.6 is 0 Å². The molecule has 1 aliphatic rings. The highest BCUT2D eigenvalue weighted by molar-refractivity contribution is 5.88. The SMILES string of the molecule is C[C@H]1C[C@@H](NC(=O)Nc2ccncn2)CN1Cc1ccccc1. The number of anilines is 1. The van der Waals surface area contributed by atoms with Gasteiger partial charge in [-0.15, -0.1) is 0 Å². The van der Waals surface area contributed by atoms with E-state index in [0.29, 0.717) is 11.9 Å². The topological polar surface area (TPSA) is 70.1 Å². The minimum Gasteiger partial charge on any atom is -0.334 e. The maximum absolute atomic E-state index is 12.0. The average molecular weight is 311 g/mol. The zero-order chi connectivity index (χ0) is 16.1. The van der Waals surface area contributed by atoms with E-state index in [0.717, 1.165) is 19.5 Å². The fraction of sp³-hybridized carbons (Fsp3) is 0.353. The number of carbonyl (C=O) groups excluding carboxylic acids is 1. The molecular weight excluding hydrogens is 290 g/mol. The van der Waals surface area contributed by atoms with Crippen LogP contribution in [0, 0.1) is 0 Å². The molecule has 1 aliphatic heterocycles. The van der Waals surface area contributed by atoms with Gasteiger partial charge in [-0.1, -0.05) is 30.3 Å². The normalized spacial score (nSPS) is 21.1. The van der Waals surface area contributed by atoms with Crippen molar-refractivity contribution in [3.8, 4) is 0 Å². The number of hydrogen-bond donors (Lipinski definition) is 2. The Hall–Kier alpha value is -2.47. The van der Waals surface area contributed by atoms with E-state index in [9.17, 15) is 4.79 Å². The zero-order valence-electron chi connectivity index (χ0n) is 13.1. The second-order valence-corrected chi connectivity index (χ2v) is 5.89. The molecule has 2 N–H and O–H groups in total. The van der Waals surface area contributed by atoms with Gasteiger partial charge < -0.3 is 5.32 Å². The van der Waals surface area contributed by atoms with E-state index in [1.165, 1.54) is 11.9 Å². The summed E-state index contributed by atoms with van der Waals surface area (Å²) in [5.41, 5.74) is 1.30. The first-order chi connectivity index (χ1) is 11.2. The minimum atomic E-state index is -0.220. The monoisotopic (exact) mass is 311 g/mol. The largest absolute Gasteiger partial charge is 0.334 e. The van der Waals surface area contributed by atoms with Crippen molar-refractivity contribution in [1.82, 2.24) is 20.2 Å². The summed E-state index contributed by atoms with van der Waals surface area (Å²) in [6.45, 7) is 3.97. The Morgan fingerprint density at radius 2 is 2.13 bits per heavy atom. The Balaban J connectivity index is 1.51. The summed E-state index contributed by atoms with van der Waals surface area (Å²) in [5, 5.41) is 5.75. The Morgan fingerprint density at radius 1 is 1.30 bits per heavy atom. The van der Waals surface area contributed by atoms with Crippen LogP contribution in [0.2, 0.25) is 0 Å². The van der Waals surface area contributed by atoms with Crippen LogP contribution in [0.15, 0.2) is 48.9 Å². The first-order valence-electron chi connectivity index (χ1n) is 7.82. The second-order valence-electron chi connectivity index (χ2n) is 5.89. The van der Waals surface area contributed by atoms with E-state index in [1.807, 2.05) is 6.07 Å². The van der Waals surface area contributed by atoms with Gasteiger partial charge in [0, 0.05) is 31.4 Å². The van der Waals surface area contributed by atoms with Crippen molar-refractivity contribution >= 4 is 11.8 Å². The van der Waals surface area contributed by atoms with E-state index in [2.05, 4.69) is 56.7 Å². The summed E-state index contributed by atoms with van der Waals surface area (Å²) < 4.78 is 0. The van der Waals surface area contributed by atoms with E-state index in [-0.39, 0.29) is 12.1 Å². The van der Waals surface area contributed by atoms with E-state index >= 15 is 0 Å². The molecule has 120 valence electrons. The van der Waals surface area contributed by atoms with Gasteiger partial charge in [0.15, 0.2) is 0 Å². The first-order valence-corrected chi connectivity index (χ1v) is 7.82. The fourth-order valence-electron chi connectivity index (χ4n) is 2.94. The molecule has 0 radical (unpaired) electrons.